The molecule has 0 spiro atoms. The normalized spacial score (nSPS) is 10.6. The van der Waals surface area contributed by atoms with Crippen LogP contribution in [0.5, 0.6) is 5.75 Å². The van der Waals surface area contributed by atoms with Gasteiger partial charge in [-0.15, -0.1) is 0 Å². The van der Waals surface area contributed by atoms with Crippen molar-refractivity contribution in [3.8, 4) is 28.6 Å². The average Bonchev–Trinajstić information content (AvgIpc) is 3.24. The second kappa shape index (κ2) is 8.16. The summed E-state index contributed by atoms with van der Waals surface area (Å²) in [4.78, 5) is 16.9. The molecule has 6 nitrogen and oxygen atoms in total. The highest BCUT2D eigenvalue weighted by Gasteiger charge is 2.13. The highest BCUT2D eigenvalue weighted by Crippen LogP contribution is 2.26. The number of nitrogens with one attached hydrogen (secondary N) is 1. The fourth-order valence-corrected chi connectivity index (χ4v) is 2.99. The van der Waals surface area contributed by atoms with E-state index in [1.165, 1.54) is 0 Å². The van der Waals surface area contributed by atoms with Gasteiger partial charge in [-0.2, -0.15) is 4.98 Å². The van der Waals surface area contributed by atoms with Crippen molar-refractivity contribution in [1.82, 2.24) is 10.1 Å². The zero-order valence-corrected chi connectivity index (χ0v) is 16.2. The molecule has 0 unspecified atom stereocenters. The molecule has 0 saturated carbocycles. The van der Waals surface area contributed by atoms with Gasteiger partial charge in [0.2, 0.25) is 5.82 Å². The van der Waals surface area contributed by atoms with Crippen molar-refractivity contribution in [3.63, 3.8) is 0 Å². The Hall–Kier alpha value is -3.64. The summed E-state index contributed by atoms with van der Waals surface area (Å²) >= 11 is 6.09. The first-order valence-electron chi connectivity index (χ1n) is 8.78. The van der Waals surface area contributed by atoms with Crippen LogP contribution in [-0.4, -0.2) is 23.2 Å². The number of aromatic nitrogens is 2. The molecular weight excluding hydrogens is 390 g/mol. The molecule has 1 heterocycles. The molecule has 0 aliphatic carbocycles. The Morgan fingerprint density at radius 2 is 1.79 bits per heavy atom. The van der Waals surface area contributed by atoms with Gasteiger partial charge in [0.25, 0.3) is 11.8 Å². The van der Waals surface area contributed by atoms with Gasteiger partial charge in [0.05, 0.1) is 17.7 Å². The summed E-state index contributed by atoms with van der Waals surface area (Å²) in [7, 11) is 1.61. The minimum Gasteiger partial charge on any atom is -0.497 e. The Labute approximate surface area is 172 Å². The molecule has 0 fully saturated rings. The minimum atomic E-state index is -0.294. The Morgan fingerprint density at radius 1 is 1.00 bits per heavy atom. The third-order valence-electron chi connectivity index (χ3n) is 4.26. The fraction of sp³-hybridized carbons (Fsp3) is 0.0455. The van der Waals surface area contributed by atoms with Crippen molar-refractivity contribution in [2.45, 2.75) is 0 Å². The minimum absolute atomic E-state index is 0.294. The third-order valence-corrected chi connectivity index (χ3v) is 4.59. The van der Waals surface area contributed by atoms with Crippen LogP contribution in [-0.2, 0) is 0 Å². The van der Waals surface area contributed by atoms with Crippen LogP contribution in [0.3, 0.4) is 0 Å². The molecule has 0 aliphatic heterocycles. The van der Waals surface area contributed by atoms with Gasteiger partial charge in [0.1, 0.15) is 5.75 Å². The molecule has 1 amide bonds. The lowest BCUT2D eigenvalue weighted by Crippen LogP contribution is -2.12. The second-order valence-corrected chi connectivity index (χ2v) is 6.57. The summed E-state index contributed by atoms with van der Waals surface area (Å²) in [6.45, 7) is 0. The van der Waals surface area contributed by atoms with Gasteiger partial charge >= 0.3 is 0 Å². The number of hydrogen-bond acceptors (Lipinski definition) is 5. The van der Waals surface area contributed by atoms with Crippen molar-refractivity contribution >= 4 is 23.2 Å². The summed E-state index contributed by atoms with van der Waals surface area (Å²) < 4.78 is 10.6. The van der Waals surface area contributed by atoms with E-state index in [0.717, 1.165) is 11.3 Å². The molecule has 4 rings (SSSR count). The number of benzene rings is 3. The van der Waals surface area contributed by atoms with Crippen LogP contribution < -0.4 is 10.1 Å². The highest BCUT2D eigenvalue weighted by atomic mass is 35.5. The molecule has 7 heteroatoms. The van der Waals surface area contributed by atoms with Crippen molar-refractivity contribution in [2.75, 3.05) is 12.4 Å². The zero-order chi connectivity index (χ0) is 20.2. The van der Waals surface area contributed by atoms with Gasteiger partial charge < -0.3 is 14.6 Å². The van der Waals surface area contributed by atoms with Crippen LogP contribution in [0.25, 0.3) is 22.8 Å². The predicted molar refractivity (Wildman–Crippen MR) is 111 cm³/mol. The largest absolute Gasteiger partial charge is 0.497 e. The molecule has 0 saturated heterocycles. The van der Waals surface area contributed by atoms with Gasteiger partial charge in [-0.3, -0.25) is 4.79 Å². The quantitative estimate of drug-likeness (QED) is 0.486. The molecule has 0 radical (unpaired) electrons. The maximum absolute atomic E-state index is 12.5. The Bertz CT molecular complexity index is 1160. The molecule has 3 aromatic carbocycles. The molecule has 0 aliphatic rings. The van der Waals surface area contributed by atoms with Gasteiger partial charge in [0, 0.05) is 16.8 Å². The second-order valence-electron chi connectivity index (χ2n) is 6.17. The summed E-state index contributed by atoms with van der Waals surface area (Å²) in [6.07, 6.45) is 0. The summed E-state index contributed by atoms with van der Waals surface area (Å²) in [6, 6.07) is 21.4. The monoisotopic (exact) mass is 405 g/mol. The number of methoxy groups -OCH3 is 1. The lowest BCUT2D eigenvalue weighted by molar-refractivity contribution is 0.102. The number of carbonyl (C=O) groups excluding carboxylic acids is 1. The number of rotatable bonds is 5. The SMILES string of the molecule is COc1ccc(-c2noc(-c3cccc(NC(=O)c4ccccc4Cl)c3)n2)cc1. The van der Waals surface area contributed by atoms with Crippen molar-refractivity contribution < 1.29 is 14.1 Å². The van der Waals surface area contributed by atoms with E-state index in [2.05, 4.69) is 15.5 Å². The van der Waals surface area contributed by atoms with Crippen LogP contribution in [0.2, 0.25) is 5.02 Å². The van der Waals surface area contributed by atoms with E-state index in [4.69, 9.17) is 20.9 Å². The van der Waals surface area contributed by atoms with Crippen LogP contribution >= 0.6 is 11.6 Å². The number of amides is 1. The summed E-state index contributed by atoms with van der Waals surface area (Å²) in [5.41, 5.74) is 2.49. The highest BCUT2D eigenvalue weighted by molar-refractivity contribution is 6.34. The van der Waals surface area contributed by atoms with Crippen LogP contribution in [0.15, 0.2) is 77.3 Å². The standard InChI is InChI=1S/C22H16ClN3O3/c1-28-17-11-9-14(10-12-17)20-25-22(29-26-20)15-5-4-6-16(13-15)24-21(27)18-7-2-3-8-19(18)23/h2-13H,1H3,(H,24,27). The van der Waals surface area contributed by atoms with E-state index in [-0.39, 0.29) is 5.91 Å². The van der Waals surface area contributed by atoms with Crippen LogP contribution in [0, 0.1) is 0 Å². The topological polar surface area (TPSA) is 77.3 Å². The molecule has 4 aromatic rings. The molecule has 0 bridgehead atoms. The summed E-state index contributed by atoms with van der Waals surface area (Å²) in [5, 5.41) is 7.26. The maximum atomic E-state index is 12.5. The van der Waals surface area contributed by atoms with Gasteiger partial charge in [-0.25, -0.2) is 0 Å². The van der Waals surface area contributed by atoms with Gasteiger partial charge in [-0.1, -0.05) is 35.0 Å². The molecule has 144 valence electrons. The first-order chi connectivity index (χ1) is 14.1. The first-order valence-corrected chi connectivity index (χ1v) is 9.16. The lowest BCUT2D eigenvalue weighted by atomic mass is 10.1. The van der Waals surface area contributed by atoms with Crippen molar-refractivity contribution in [3.05, 3.63) is 83.4 Å². The predicted octanol–water partition coefficient (Wildman–Crippen LogP) is 5.32. The Morgan fingerprint density at radius 3 is 2.55 bits per heavy atom. The molecule has 1 N–H and O–H groups in total. The van der Waals surface area contributed by atoms with Crippen molar-refractivity contribution in [2.24, 2.45) is 0 Å². The smallest absolute Gasteiger partial charge is 0.258 e. The number of hydrogen-bond donors (Lipinski definition) is 1. The van der Waals surface area contributed by atoms with E-state index in [9.17, 15) is 4.79 Å². The number of halogens is 1. The lowest BCUT2D eigenvalue weighted by Gasteiger charge is -2.07. The van der Waals surface area contributed by atoms with E-state index < -0.39 is 0 Å². The number of ether oxygens (including phenoxy) is 1. The maximum Gasteiger partial charge on any atom is 0.258 e. The average molecular weight is 406 g/mol. The Balaban J connectivity index is 1.55. The first kappa shape index (κ1) is 18.7. The Kier molecular flexibility index (Phi) is 5.27. The van der Waals surface area contributed by atoms with Crippen LogP contribution in [0.4, 0.5) is 5.69 Å². The molecule has 0 atom stereocenters. The summed E-state index contributed by atoms with van der Waals surface area (Å²) in [5.74, 6) is 1.27. The molecule has 1 aromatic heterocycles. The fourth-order valence-electron chi connectivity index (χ4n) is 2.77. The number of anilines is 1. The van der Waals surface area contributed by atoms with Gasteiger partial charge in [0.15, 0.2) is 0 Å². The van der Waals surface area contributed by atoms with E-state index in [0.29, 0.717) is 33.6 Å². The number of nitrogens with zero attached hydrogens (tertiary/aromatic N) is 2. The third kappa shape index (κ3) is 4.12. The molecule has 29 heavy (non-hydrogen) atoms. The van der Waals surface area contributed by atoms with Crippen LogP contribution in [0.1, 0.15) is 10.4 Å². The molecular formula is C22H16ClN3O3. The van der Waals surface area contributed by atoms with E-state index in [1.807, 2.05) is 30.3 Å². The van der Waals surface area contributed by atoms with E-state index in [1.54, 1.807) is 49.6 Å². The number of carbonyl (C=O) groups is 1. The van der Waals surface area contributed by atoms with Crippen molar-refractivity contribution in [1.29, 1.82) is 0 Å². The van der Waals surface area contributed by atoms with E-state index >= 15 is 0 Å². The zero-order valence-electron chi connectivity index (χ0n) is 15.4. The van der Waals surface area contributed by atoms with Gasteiger partial charge in [-0.05, 0) is 54.6 Å².